The second-order valence-corrected chi connectivity index (χ2v) is 5.37. The van der Waals surface area contributed by atoms with Crippen molar-refractivity contribution in [2.75, 3.05) is 6.54 Å². The average molecular weight is 261 g/mol. The first-order chi connectivity index (χ1) is 9.79. The highest BCUT2D eigenvalue weighted by molar-refractivity contribution is 5.69. The molecule has 0 unspecified atom stereocenters. The van der Waals surface area contributed by atoms with Crippen LogP contribution in [0.1, 0.15) is 17.5 Å². The number of fused-ring (bicyclic) bond motifs is 2. The van der Waals surface area contributed by atoms with Crippen LogP contribution in [0.3, 0.4) is 0 Å². The Morgan fingerprint density at radius 2 is 1.80 bits per heavy atom. The number of para-hydroxylation sites is 1. The number of benzene rings is 2. The van der Waals surface area contributed by atoms with Crippen LogP contribution in [-0.2, 0) is 5.60 Å². The highest BCUT2D eigenvalue weighted by Crippen LogP contribution is 2.39. The molecule has 1 aliphatic carbocycles. The van der Waals surface area contributed by atoms with Crippen molar-refractivity contribution in [1.82, 2.24) is 0 Å². The van der Waals surface area contributed by atoms with Gasteiger partial charge in [-0.3, -0.25) is 4.99 Å². The van der Waals surface area contributed by atoms with E-state index in [1.165, 1.54) is 0 Å². The van der Waals surface area contributed by atoms with E-state index in [1.807, 2.05) is 36.4 Å². The quantitative estimate of drug-likeness (QED) is 0.834. The molecule has 0 saturated heterocycles. The smallest absolute Gasteiger partial charge is 0.117 e. The lowest BCUT2D eigenvalue weighted by atomic mass is 9.77. The molecule has 98 valence electrons. The first-order valence-corrected chi connectivity index (χ1v) is 6.91. The van der Waals surface area contributed by atoms with Gasteiger partial charge in [0.2, 0.25) is 0 Å². The Labute approximate surface area is 117 Å². The van der Waals surface area contributed by atoms with E-state index in [4.69, 9.17) is 0 Å². The summed E-state index contributed by atoms with van der Waals surface area (Å²) in [4.78, 5) is 4.55. The maximum absolute atomic E-state index is 11.3. The maximum Gasteiger partial charge on any atom is 0.117 e. The van der Waals surface area contributed by atoms with Gasteiger partial charge in [0.1, 0.15) is 5.60 Å². The SMILES string of the molecule is O[C@@]1(C2=c3ccccc3=NC2)CC=Cc2ccccc21. The molecular formula is C18H15NO. The Hall–Kier alpha value is -2.19. The second-order valence-electron chi connectivity index (χ2n) is 5.37. The molecule has 0 amide bonds. The minimum absolute atomic E-state index is 0.581. The normalized spacial score (nSPS) is 23.1. The molecule has 2 heteroatoms. The zero-order valence-electron chi connectivity index (χ0n) is 11.1. The summed E-state index contributed by atoms with van der Waals surface area (Å²) in [5.41, 5.74) is 2.17. The van der Waals surface area contributed by atoms with Gasteiger partial charge < -0.3 is 5.11 Å². The fraction of sp³-hybridized carbons (Fsp3) is 0.167. The molecule has 2 aliphatic rings. The van der Waals surface area contributed by atoms with Crippen molar-refractivity contribution >= 4 is 11.6 Å². The molecule has 20 heavy (non-hydrogen) atoms. The maximum atomic E-state index is 11.3. The monoisotopic (exact) mass is 261 g/mol. The largest absolute Gasteiger partial charge is 0.380 e. The van der Waals surface area contributed by atoms with Crippen molar-refractivity contribution in [1.29, 1.82) is 0 Å². The third-order valence-electron chi connectivity index (χ3n) is 4.25. The van der Waals surface area contributed by atoms with Crippen molar-refractivity contribution < 1.29 is 5.11 Å². The summed E-state index contributed by atoms with van der Waals surface area (Å²) in [6, 6.07) is 16.1. The fourth-order valence-corrected chi connectivity index (χ4v) is 3.24. The lowest BCUT2D eigenvalue weighted by Crippen LogP contribution is -2.35. The Bertz CT molecular complexity index is 834. The van der Waals surface area contributed by atoms with Gasteiger partial charge in [-0.1, -0.05) is 54.6 Å². The second kappa shape index (κ2) is 4.15. The third-order valence-corrected chi connectivity index (χ3v) is 4.25. The van der Waals surface area contributed by atoms with Crippen LogP contribution < -0.4 is 10.6 Å². The molecule has 0 aromatic heterocycles. The summed E-state index contributed by atoms with van der Waals surface area (Å²) in [6.45, 7) is 0.581. The van der Waals surface area contributed by atoms with Gasteiger partial charge in [0.05, 0.1) is 11.9 Å². The predicted octanol–water partition coefficient (Wildman–Crippen LogP) is 1.78. The van der Waals surface area contributed by atoms with Gasteiger partial charge in [0.15, 0.2) is 0 Å². The minimum Gasteiger partial charge on any atom is -0.380 e. The summed E-state index contributed by atoms with van der Waals surface area (Å²) >= 11 is 0. The molecule has 1 aliphatic heterocycles. The fourth-order valence-electron chi connectivity index (χ4n) is 3.24. The van der Waals surface area contributed by atoms with Crippen LogP contribution in [0, 0.1) is 0 Å². The van der Waals surface area contributed by atoms with Crippen LogP contribution in [0.4, 0.5) is 0 Å². The van der Waals surface area contributed by atoms with E-state index in [2.05, 4.69) is 29.3 Å². The van der Waals surface area contributed by atoms with E-state index in [0.717, 1.165) is 27.3 Å². The number of nitrogens with zero attached hydrogens (tertiary/aromatic N) is 1. The molecule has 0 saturated carbocycles. The number of hydrogen-bond acceptors (Lipinski definition) is 2. The van der Waals surface area contributed by atoms with Gasteiger partial charge in [-0.25, -0.2) is 0 Å². The van der Waals surface area contributed by atoms with Crippen LogP contribution >= 0.6 is 0 Å². The van der Waals surface area contributed by atoms with Gasteiger partial charge >= 0.3 is 0 Å². The Kier molecular flexibility index (Phi) is 2.41. The van der Waals surface area contributed by atoms with Crippen molar-refractivity contribution in [2.45, 2.75) is 12.0 Å². The molecule has 0 spiro atoms. The van der Waals surface area contributed by atoms with E-state index in [1.54, 1.807) is 0 Å². The van der Waals surface area contributed by atoms with E-state index < -0.39 is 5.60 Å². The summed E-state index contributed by atoms with van der Waals surface area (Å²) in [5, 5.41) is 13.4. The topological polar surface area (TPSA) is 32.6 Å². The van der Waals surface area contributed by atoms with Crippen molar-refractivity contribution in [3.8, 4) is 0 Å². The summed E-state index contributed by atoms with van der Waals surface area (Å²) in [7, 11) is 0. The van der Waals surface area contributed by atoms with Crippen molar-refractivity contribution in [2.24, 2.45) is 4.99 Å². The Morgan fingerprint density at radius 3 is 2.75 bits per heavy atom. The van der Waals surface area contributed by atoms with Gasteiger partial charge in [-0.05, 0) is 22.8 Å². The van der Waals surface area contributed by atoms with Crippen molar-refractivity contribution in [3.05, 3.63) is 76.3 Å². The van der Waals surface area contributed by atoms with Crippen LogP contribution in [0.15, 0.2) is 59.6 Å². The zero-order valence-corrected chi connectivity index (χ0v) is 11.1. The van der Waals surface area contributed by atoms with Gasteiger partial charge in [-0.2, -0.15) is 0 Å². The Balaban J connectivity index is 2.01. The minimum atomic E-state index is -0.929. The molecule has 1 atom stereocenters. The van der Waals surface area contributed by atoms with Crippen LogP contribution in [0.25, 0.3) is 11.6 Å². The molecule has 0 bridgehead atoms. The van der Waals surface area contributed by atoms with E-state index in [0.29, 0.717) is 13.0 Å². The molecule has 1 N–H and O–H groups in total. The molecule has 2 aromatic carbocycles. The first kappa shape index (κ1) is 11.6. The Morgan fingerprint density at radius 1 is 1.00 bits per heavy atom. The van der Waals surface area contributed by atoms with Crippen LogP contribution in [0.2, 0.25) is 0 Å². The highest BCUT2D eigenvalue weighted by Gasteiger charge is 2.37. The van der Waals surface area contributed by atoms with Crippen LogP contribution in [-0.4, -0.2) is 11.7 Å². The van der Waals surface area contributed by atoms with E-state index >= 15 is 0 Å². The molecular weight excluding hydrogens is 246 g/mol. The predicted molar refractivity (Wildman–Crippen MR) is 79.5 cm³/mol. The molecule has 0 fully saturated rings. The van der Waals surface area contributed by atoms with Gasteiger partial charge in [-0.15, -0.1) is 0 Å². The lowest BCUT2D eigenvalue weighted by Gasteiger charge is -2.33. The number of aliphatic hydroxyl groups is 1. The summed E-state index contributed by atoms with van der Waals surface area (Å²) < 4.78 is 0. The van der Waals surface area contributed by atoms with Crippen molar-refractivity contribution in [3.63, 3.8) is 0 Å². The lowest BCUT2D eigenvalue weighted by molar-refractivity contribution is 0.0997. The highest BCUT2D eigenvalue weighted by atomic mass is 16.3. The number of hydrogen-bond donors (Lipinski definition) is 1. The van der Waals surface area contributed by atoms with E-state index in [-0.39, 0.29) is 0 Å². The summed E-state index contributed by atoms with van der Waals surface area (Å²) in [5.74, 6) is 0. The van der Waals surface area contributed by atoms with Gasteiger partial charge in [0, 0.05) is 11.6 Å². The third kappa shape index (κ3) is 1.52. The molecule has 2 aromatic rings. The number of rotatable bonds is 1. The van der Waals surface area contributed by atoms with Gasteiger partial charge in [0.25, 0.3) is 0 Å². The molecule has 1 heterocycles. The summed E-state index contributed by atoms with van der Waals surface area (Å²) in [6.07, 6.45) is 4.75. The average Bonchev–Trinajstić information content (AvgIpc) is 2.92. The molecule has 2 nitrogen and oxygen atoms in total. The zero-order chi connectivity index (χ0) is 13.6. The standard InChI is InChI=1S/C18H15NO/c20-18(11-5-7-13-6-1-3-9-15(13)18)16-12-19-17-10-4-2-8-14(16)17/h1-10,20H,11-12H2/t18-/m0/s1. The van der Waals surface area contributed by atoms with Crippen LogP contribution in [0.5, 0.6) is 0 Å². The first-order valence-electron chi connectivity index (χ1n) is 6.91. The molecule has 4 rings (SSSR count). The molecule has 0 radical (unpaired) electrons. The van der Waals surface area contributed by atoms with E-state index in [9.17, 15) is 5.11 Å².